The molecule has 1 aliphatic carbocycles. The maximum atomic E-state index is 6.12. The van der Waals surface area contributed by atoms with Gasteiger partial charge in [0.15, 0.2) is 0 Å². The lowest BCUT2D eigenvalue weighted by Crippen LogP contribution is -2.24. The fourth-order valence-corrected chi connectivity index (χ4v) is 2.99. The molecule has 2 aromatic carbocycles. The van der Waals surface area contributed by atoms with E-state index >= 15 is 0 Å². The molecule has 0 spiro atoms. The summed E-state index contributed by atoms with van der Waals surface area (Å²) in [4.78, 5) is 0. The van der Waals surface area contributed by atoms with Gasteiger partial charge in [-0.05, 0) is 49.4 Å². The summed E-state index contributed by atoms with van der Waals surface area (Å²) in [5.41, 5.74) is 4.06. The first-order valence-corrected chi connectivity index (χ1v) is 8.13. The van der Waals surface area contributed by atoms with E-state index in [1.165, 1.54) is 29.5 Å². The molecular formula is C19H22ClN. The Balaban J connectivity index is 1.77. The average molecular weight is 300 g/mol. The lowest BCUT2D eigenvalue weighted by atomic mass is 9.91. The lowest BCUT2D eigenvalue weighted by molar-refractivity contribution is 0.577. The molecule has 1 unspecified atom stereocenters. The Kier molecular flexibility index (Phi) is 4.62. The summed E-state index contributed by atoms with van der Waals surface area (Å²) >= 11 is 6.12. The van der Waals surface area contributed by atoms with Crippen LogP contribution in [0.2, 0.25) is 5.02 Å². The maximum absolute atomic E-state index is 6.12. The van der Waals surface area contributed by atoms with Crippen molar-refractivity contribution in [3.8, 4) is 0 Å². The number of rotatable bonds is 6. The minimum absolute atomic E-state index is 0.504. The van der Waals surface area contributed by atoms with Crippen LogP contribution in [0.5, 0.6) is 0 Å². The van der Waals surface area contributed by atoms with Gasteiger partial charge in [0.1, 0.15) is 0 Å². The fourth-order valence-electron chi connectivity index (χ4n) is 2.78. The Morgan fingerprint density at radius 3 is 2.67 bits per heavy atom. The van der Waals surface area contributed by atoms with Crippen LogP contribution in [0.4, 0.5) is 0 Å². The van der Waals surface area contributed by atoms with Crippen LogP contribution in [0.25, 0.3) is 0 Å². The van der Waals surface area contributed by atoms with Gasteiger partial charge in [0.25, 0.3) is 0 Å². The number of halogens is 1. The van der Waals surface area contributed by atoms with Crippen LogP contribution in [0.15, 0.2) is 48.5 Å². The quantitative estimate of drug-likeness (QED) is 0.813. The zero-order valence-corrected chi connectivity index (χ0v) is 13.2. The molecule has 1 N–H and O–H groups in total. The average Bonchev–Trinajstić information content (AvgIpc) is 3.27. The highest BCUT2D eigenvalue weighted by atomic mass is 35.5. The van der Waals surface area contributed by atoms with Crippen LogP contribution in [-0.2, 0) is 6.42 Å². The van der Waals surface area contributed by atoms with E-state index in [9.17, 15) is 0 Å². The monoisotopic (exact) mass is 299 g/mol. The molecule has 0 heterocycles. The summed E-state index contributed by atoms with van der Waals surface area (Å²) in [6.07, 6.45) is 3.69. The third-order valence-corrected chi connectivity index (χ3v) is 4.35. The molecule has 21 heavy (non-hydrogen) atoms. The van der Waals surface area contributed by atoms with Crippen molar-refractivity contribution in [2.24, 2.45) is 0 Å². The maximum Gasteiger partial charge on any atom is 0.0408 e. The van der Waals surface area contributed by atoms with Gasteiger partial charge in [-0.15, -0.1) is 0 Å². The Hall–Kier alpha value is -1.31. The van der Waals surface area contributed by atoms with Crippen LogP contribution in [0, 0.1) is 6.92 Å². The van der Waals surface area contributed by atoms with E-state index in [4.69, 9.17) is 11.6 Å². The van der Waals surface area contributed by atoms with Gasteiger partial charge >= 0.3 is 0 Å². The van der Waals surface area contributed by atoms with Crippen molar-refractivity contribution in [3.05, 3.63) is 70.2 Å². The molecule has 1 saturated carbocycles. The van der Waals surface area contributed by atoms with E-state index in [1.54, 1.807) is 0 Å². The van der Waals surface area contributed by atoms with Crippen molar-refractivity contribution in [1.29, 1.82) is 0 Å². The van der Waals surface area contributed by atoms with E-state index in [0.29, 0.717) is 5.92 Å². The van der Waals surface area contributed by atoms with Crippen molar-refractivity contribution in [2.75, 3.05) is 6.54 Å². The minimum atomic E-state index is 0.504. The second kappa shape index (κ2) is 6.64. The molecule has 1 fully saturated rings. The summed E-state index contributed by atoms with van der Waals surface area (Å²) in [6.45, 7) is 3.20. The first kappa shape index (κ1) is 14.6. The Bertz CT molecular complexity index is 604. The summed E-state index contributed by atoms with van der Waals surface area (Å²) in [6, 6.07) is 17.9. The first-order chi connectivity index (χ1) is 10.2. The molecule has 1 nitrogen and oxygen atoms in total. The van der Waals surface area contributed by atoms with Gasteiger partial charge in [-0.3, -0.25) is 0 Å². The summed E-state index contributed by atoms with van der Waals surface area (Å²) in [5, 5.41) is 4.50. The smallest absolute Gasteiger partial charge is 0.0408 e. The molecule has 1 aliphatic rings. The van der Waals surface area contributed by atoms with Gasteiger partial charge in [0.05, 0.1) is 0 Å². The highest BCUT2D eigenvalue weighted by Gasteiger charge is 2.22. The van der Waals surface area contributed by atoms with Crippen LogP contribution >= 0.6 is 11.6 Å². The minimum Gasteiger partial charge on any atom is -0.313 e. The zero-order chi connectivity index (χ0) is 14.7. The number of benzene rings is 2. The molecule has 2 aromatic rings. The molecule has 1 atom stereocenters. The predicted octanol–water partition coefficient (Wildman–Crippen LogP) is 4.73. The van der Waals surface area contributed by atoms with Crippen molar-refractivity contribution in [1.82, 2.24) is 5.32 Å². The van der Waals surface area contributed by atoms with Gasteiger partial charge < -0.3 is 5.32 Å². The van der Waals surface area contributed by atoms with Gasteiger partial charge in [-0.1, -0.05) is 53.6 Å². The highest BCUT2D eigenvalue weighted by molar-refractivity contribution is 6.30. The van der Waals surface area contributed by atoms with Gasteiger partial charge in [0.2, 0.25) is 0 Å². The third kappa shape index (κ3) is 4.33. The number of aryl methyl sites for hydroxylation is 1. The molecule has 0 saturated heterocycles. The molecule has 0 aromatic heterocycles. The molecule has 110 valence electrons. The van der Waals surface area contributed by atoms with Crippen molar-refractivity contribution in [2.45, 2.75) is 38.1 Å². The van der Waals surface area contributed by atoms with Crippen LogP contribution in [-0.4, -0.2) is 12.6 Å². The van der Waals surface area contributed by atoms with E-state index in [1.807, 2.05) is 12.1 Å². The van der Waals surface area contributed by atoms with Gasteiger partial charge in [-0.25, -0.2) is 0 Å². The van der Waals surface area contributed by atoms with E-state index in [-0.39, 0.29) is 0 Å². The molecule has 0 aliphatic heterocycles. The van der Waals surface area contributed by atoms with Crippen LogP contribution in [0.1, 0.15) is 35.4 Å². The van der Waals surface area contributed by atoms with Gasteiger partial charge in [0, 0.05) is 23.5 Å². The van der Waals surface area contributed by atoms with E-state index in [0.717, 1.165) is 24.0 Å². The molecule has 0 bridgehead atoms. The molecule has 2 heteroatoms. The topological polar surface area (TPSA) is 12.0 Å². The molecular weight excluding hydrogens is 278 g/mol. The number of hydrogen-bond acceptors (Lipinski definition) is 1. The van der Waals surface area contributed by atoms with Crippen molar-refractivity contribution >= 4 is 11.6 Å². The summed E-state index contributed by atoms with van der Waals surface area (Å²) in [7, 11) is 0. The summed E-state index contributed by atoms with van der Waals surface area (Å²) in [5.74, 6) is 0.504. The van der Waals surface area contributed by atoms with Crippen LogP contribution < -0.4 is 5.32 Å². The molecule has 3 rings (SSSR count). The molecule has 0 amide bonds. The van der Waals surface area contributed by atoms with Crippen molar-refractivity contribution in [3.63, 3.8) is 0 Å². The Morgan fingerprint density at radius 2 is 1.95 bits per heavy atom. The Labute approximate surface area is 132 Å². The summed E-state index contributed by atoms with van der Waals surface area (Å²) < 4.78 is 0. The van der Waals surface area contributed by atoms with E-state index in [2.05, 4.69) is 48.6 Å². The third-order valence-electron chi connectivity index (χ3n) is 4.11. The largest absolute Gasteiger partial charge is 0.313 e. The first-order valence-electron chi connectivity index (χ1n) is 7.75. The highest BCUT2D eigenvalue weighted by Crippen LogP contribution is 2.25. The molecule has 0 radical (unpaired) electrons. The van der Waals surface area contributed by atoms with Crippen LogP contribution in [0.3, 0.4) is 0 Å². The normalized spacial score (nSPS) is 15.9. The zero-order valence-electron chi connectivity index (χ0n) is 12.5. The predicted molar refractivity (Wildman–Crippen MR) is 90.1 cm³/mol. The second-order valence-electron chi connectivity index (χ2n) is 6.13. The van der Waals surface area contributed by atoms with E-state index < -0.39 is 0 Å². The SMILES string of the molecule is Cc1cccc(C(CNC2CC2)Cc2cccc(Cl)c2)c1. The number of hydrogen-bond donors (Lipinski definition) is 1. The second-order valence-corrected chi connectivity index (χ2v) is 6.56. The fraction of sp³-hybridized carbons (Fsp3) is 0.368. The standard InChI is InChI=1S/C19H22ClN/c1-14-4-2-6-16(10-14)17(13-21-19-8-9-19)11-15-5-3-7-18(20)12-15/h2-7,10,12,17,19,21H,8-9,11,13H2,1H3. The van der Waals surface area contributed by atoms with Gasteiger partial charge in [-0.2, -0.15) is 0 Å². The lowest BCUT2D eigenvalue weighted by Gasteiger charge is -2.19. The Morgan fingerprint density at radius 1 is 1.14 bits per heavy atom. The number of nitrogens with one attached hydrogen (secondary N) is 1. The van der Waals surface area contributed by atoms with Crippen molar-refractivity contribution < 1.29 is 0 Å².